The van der Waals surface area contributed by atoms with E-state index >= 15 is 0 Å². The number of aromatic nitrogens is 3. The van der Waals surface area contributed by atoms with Crippen molar-refractivity contribution in [3.63, 3.8) is 0 Å². The Bertz CT molecular complexity index is 631. The summed E-state index contributed by atoms with van der Waals surface area (Å²) in [5.74, 6) is 1.87. The highest BCUT2D eigenvalue weighted by Gasteiger charge is 2.31. The van der Waals surface area contributed by atoms with Crippen LogP contribution >= 0.6 is 0 Å². The van der Waals surface area contributed by atoms with E-state index in [1.165, 1.54) is 6.07 Å². The van der Waals surface area contributed by atoms with Crippen LogP contribution in [0.25, 0.3) is 11.4 Å². The maximum absolute atomic E-state index is 12.8. The van der Waals surface area contributed by atoms with Crippen molar-refractivity contribution in [2.24, 2.45) is 5.92 Å². The Hall–Kier alpha value is -1.85. The van der Waals surface area contributed by atoms with Gasteiger partial charge in [0.25, 0.3) is 0 Å². The smallest absolute Gasteiger partial charge is 0.311 e. The van der Waals surface area contributed by atoms with E-state index in [4.69, 9.17) is 0 Å². The van der Waals surface area contributed by atoms with E-state index < -0.39 is 11.7 Å². The van der Waals surface area contributed by atoms with Gasteiger partial charge >= 0.3 is 6.18 Å². The van der Waals surface area contributed by atoms with Gasteiger partial charge in [0.05, 0.1) is 5.56 Å². The van der Waals surface area contributed by atoms with Gasteiger partial charge in [-0.3, -0.25) is 0 Å². The van der Waals surface area contributed by atoms with Crippen LogP contribution in [0.2, 0.25) is 0 Å². The molecular formula is C14H14F3N3. The number of fused-ring (bicyclic) bond motifs is 1. The molecule has 1 aromatic heterocycles. The van der Waals surface area contributed by atoms with Gasteiger partial charge in [0.2, 0.25) is 0 Å². The number of hydrogen-bond acceptors (Lipinski definition) is 2. The molecule has 2 heterocycles. The lowest BCUT2D eigenvalue weighted by atomic mass is 10.0. The van der Waals surface area contributed by atoms with E-state index in [1.54, 1.807) is 6.07 Å². The average molecular weight is 281 g/mol. The monoisotopic (exact) mass is 281 g/mol. The normalized spacial score (nSPS) is 18.9. The molecule has 1 aliphatic rings. The number of nitrogens with zero attached hydrogens (tertiary/aromatic N) is 3. The fourth-order valence-corrected chi connectivity index (χ4v) is 2.54. The Labute approximate surface area is 114 Å². The summed E-state index contributed by atoms with van der Waals surface area (Å²) >= 11 is 0. The summed E-state index contributed by atoms with van der Waals surface area (Å²) in [4.78, 5) is 0. The predicted molar refractivity (Wildman–Crippen MR) is 67.9 cm³/mol. The van der Waals surface area contributed by atoms with Gasteiger partial charge in [-0.1, -0.05) is 19.1 Å². The lowest BCUT2D eigenvalue weighted by molar-refractivity contribution is -0.137. The first-order chi connectivity index (χ1) is 9.45. The van der Waals surface area contributed by atoms with Crippen LogP contribution in [0.3, 0.4) is 0 Å². The zero-order chi connectivity index (χ0) is 14.3. The van der Waals surface area contributed by atoms with Gasteiger partial charge in [-0.05, 0) is 24.5 Å². The Morgan fingerprint density at radius 1 is 1.25 bits per heavy atom. The van der Waals surface area contributed by atoms with Crippen molar-refractivity contribution in [1.82, 2.24) is 14.8 Å². The molecule has 106 valence electrons. The molecule has 0 fully saturated rings. The molecule has 1 atom stereocenters. The molecule has 0 saturated carbocycles. The summed E-state index contributed by atoms with van der Waals surface area (Å²) in [6, 6.07) is 5.26. The summed E-state index contributed by atoms with van der Waals surface area (Å²) in [5, 5.41) is 8.16. The first kappa shape index (κ1) is 13.1. The summed E-state index contributed by atoms with van der Waals surface area (Å²) in [7, 11) is 0. The molecule has 2 aromatic rings. The van der Waals surface area contributed by atoms with Crippen molar-refractivity contribution < 1.29 is 13.2 Å². The van der Waals surface area contributed by atoms with Gasteiger partial charge in [0, 0.05) is 18.5 Å². The van der Waals surface area contributed by atoms with Gasteiger partial charge in [0.1, 0.15) is 5.82 Å². The second kappa shape index (κ2) is 4.61. The molecule has 1 aliphatic heterocycles. The largest absolute Gasteiger partial charge is 0.416 e. The number of aryl methyl sites for hydroxylation is 1. The molecule has 0 aliphatic carbocycles. The molecule has 0 saturated heterocycles. The van der Waals surface area contributed by atoms with Gasteiger partial charge < -0.3 is 4.57 Å². The molecule has 1 aromatic carbocycles. The fourth-order valence-electron chi connectivity index (χ4n) is 2.54. The van der Waals surface area contributed by atoms with E-state index in [0.29, 0.717) is 17.3 Å². The molecule has 3 rings (SSSR count). The summed E-state index contributed by atoms with van der Waals surface area (Å²) in [6.07, 6.45) is -2.47. The van der Waals surface area contributed by atoms with E-state index in [0.717, 1.165) is 37.3 Å². The number of benzene rings is 1. The first-order valence-electron chi connectivity index (χ1n) is 6.55. The van der Waals surface area contributed by atoms with Gasteiger partial charge in [-0.15, -0.1) is 10.2 Å². The summed E-state index contributed by atoms with van der Waals surface area (Å²) in [6.45, 7) is 2.88. The molecule has 6 heteroatoms. The highest BCUT2D eigenvalue weighted by Crippen LogP contribution is 2.32. The molecular weight excluding hydrogens is 267 g/mol. The molecule has 0 amide bonds. The maximum Gasteiger partial charge on any atom is 0.416 e. The summed E-state index contributed by atoms with van der Waals surface area (Å²) < 4.78 is 40.2. The summed E-state index contributed by atoms with van der Waals surface area (Å²) in [5.41, 5.74) is -0.191. The van der Waals surface area contributed by atoms with E-state index in [2.05, 4.69) is 17.1 Å². The Morgan fingerprint density at radius 3 is 2.80 bits per heavy atom. The topological polar surface area (TPSA) is 30.7 Å². The SMILES string of the molecule is CC1CCc2nnc(-c3cccc(C(F)(F)F)c3)n2C1. The van der Waals surface area contributed by atoms with Crippen LogP contribution in [-0.2, 0) is 19.1 Å². The predicted octanol–water partition coefficient (Wildman–Crippen LogP) is 3.55. The standard InChI is InChI=1S/C14H14F3N3/c1-9-5-6-12-18-19-13(20(12)8-9)10-3-2-4-11(7-10)14(15,16)17/h2-4,7,9H,5-6,8H2,1H3. The van der Waals surface area contributed by atoms with Crippen molar-refractivity contribution in [1.29, 1.82) is 0 Å². The lowest BCUT2D eigenvalue weighted by Crippen LogP contribution is -2.18. The van der Waals surface area contributed by atoms with Crippen LogP contribution in [-0.4, -0.2) is 14.8 Å². The van der Waals surface area contributed by atoms with Crippen molar-refractivity contribution in [2.75, 3.05) is 0 Å². The second-order valence-electron chi connectivity index (χ2n) is 5.27. The van der Waals surface area contributed by atoms with Crippen molar-refractivity contribution >= 4 is 0 Å². The molecule has 3 nitrogen and oxygen atoms in total. The third-order valence-corrected chi connectivity index (χ3v) is 3.63. The van der Waals surface area contributed by atoms with Crippen LogP contribution in [0, 0.1) is 5.92 Å². The second-order valence-corrected chi connectivity index (χ2v) is 5.27. The molecule has 0 spiro atoms. The molecule has 0 N–H and O–H groups in total. The lowest BCUT2D eigenvalue weighted by Gasteiger charge is -2.21. The number of halogens is 3. The minimum Gasteiger partial charge on any atom is -0.311 e. The van der Waals surface area contributed by atoms with Crippen LogP contribution in [0.4, 0.5) is 13.2 Å². The van der Waals surface area contributed by atoms with E-state index in [-0.39, 0.29) is 0 Å². The van der Waals surface area contributed by atoms with Crippen molar-refractivity contribution in [3.8, 4) is 11.4 Å². The van der Waals surface area contributed by atoms with Crippen LogP contribution in [0.15, 0.2) is 24.3 Å². The minimum atomic E-state index is -4.34. The van der Waals surface area contributed by atoms with Crippen LogP contribution in [0.1, 0.15) is 24.7 Å². The molecule has 0 bridgehead atoms. The highest BCUT2D eigenvalue weighted by atomic mass is 19.4. The molecule has 20 heavy (non-hydrogen) atoms. The quantitative estimate of drug-likeness (QED) is 0.800. The zero-order valence-electron chi connectivity index (χ0n) is 11.0. The third kappa shape index (κ3) is 2.30. The van der Waals surface area contributed by atoms with Crippen LogP contribution < -0.4 is 0 Å². The first-order valence-corrected chi connectivity index (χ1v) is 6.55. The molecule has 0 radical (unpaired) electrons. The third-order valence-electron chi connectivity index (χ3n) is 3.63. The van der Waals surface area contributed by atoms with Gasteiger partial charge in [-0.2, -0.15) is 13.2 Å². The number of rotatable bonds is 1. The van der Waals surface area contributed by atoms with Gasteiger partial charge in [0.15, 0.2) is 5.82 Å². The fraction of sp³-hybridized carbons (Fsp3) is 0.429. The van der Waals surface area contributed by atoms with Crippen molar-refractivity contribution in [2.45, 2.75) is 32.5 Å². The van der Waals surface area contributed by atoms with Gasteiger partial charge in [-0.25, -0.2) is 0 Å². The Balaban J connectivity index is 2.04. The Morgan fingerprint density at radius 2 is 2.05 bits per heavy atom. The van der Waals surface area contributed by atoms with E-state index in [9.17, 15) is 13.2 Å². The minimum absolute atomic E-state index is 0.465. The Kier molecular flexibility index (Phi) is 3.03. The average Bonchev–Trinajstić information content (AvgIpc) is 2.81. The zero-order valence-corrected chi connectivity index (χ0v) is 11.0. The highest BCUT2D eigenvalue weighted by molar-refractivity contribution is 5.57. The molecule has 1 unspecified atom stereocenters. The van der Waals surface area contributed by atoms with Crippen molar-refractivity contribution in [3.05, 3.63) is 35.7 Å². The van der Waals surface area contributed by atoms with Crippen LogP contribution in [0.5, 0.6) is 0 Å². The number of hydrogen-bond donors (Lipinski definition) is 0. The number of alkyl halides is 3. The van der Waals surface area contributed by atoms with E-state index in [1.807, 2.05) is 4.57 Å². The maximum atomic E-state index is 12.8.